The summed E-state index contributed by atoms with van der Waals surface area (Å²) in [4.78, 5) is 24.0. The van der Waals surface area contributed by atoms with Gasteiger partial charge in [-0.2, -0.15) is 0 Å². The second kappa shape index (κ2) is 5.97. The van der Waals surface area contributed by atoms with Gasteiger partial charge in [0.25, 0.3) is 0 Å². The number of amides is 1. The maximum Gasteiger partial charge on any atom is 0.329 e. The van der Waals surface area contributed by atoms with Crippen LogP contribution < -0.4 is 11.1 Å². The molecule has 18 heavy (non-hydrogen) atoms. The van der Waals surface area contributed by atoms with Crippen molar-refractivity contribution in [1.82, 2.24) is 5.32 Å². The van der Waals surface area contributed by atoms with Crippen LogP contribution in [0.3, 0.4) is 0 Å². The van der Waals surface area contributed by atoms with E-state index in [9.17, 15) is 14.7 Å². The van der Waals surface area contributed by atoms with E-state index in [1.54, 1.807) is 26.0 Å². The van der Waals surface area contributed by atoms with Crippen molar-refractivity contribution in [3.63, 3.8) is 0 Å². The van der Waals surface area contributed by atoms with Crippen LogP contribution >= 0.6 is 11.3 Å². The van der Waals surface area contributed by atoms with Gasteiger partial charge >= 0.3 is 5.97 Å². The number of rotatable bonds is 6. The molecule has 0 aliphatic heterocycles. The molecular weight excluding hydrogens is 252 g/mol. The molecule has 100 valence electrons. The molecule has 1 heterocycles. The third kappa shape index (κ3) is 2.88. The average molecular weight is 270 g/mol. The normalized spacial score (nSPS) is 13.1. The van der Waals surface area contributed by atoms with Crippen molar-refractivity contribution < 1.29 is 14.7 Å². The number of aliphatic carboxylic acids is 1. The first-order valence-corrected chi connectivity index (χ1v) is 6.69. The van der Waals surface area contributed by atoms with Gasteiger partial charge in [0.15, 0.2) is 0 Å². The van der Waals surface area contributed by atoms with Crippen LogP contribution in [0.2, 0.25) is 0 Å². The van der Waals surface area contributed by atoms with Crippen molar-refractivity contribution in [1.29, 1.82) is 0 Å². The van der Waals surface area contributed by atoms with Gasteiger partial charge in [-0.15, -0.1) is 11.3 Å². The average Bonchev–Trinajstić information content (AvgIpc) is 2.88. The quantitative estimate of drug-likeness (QED) is 0.730. The van der Waals surface area contributed by atoms with E-state index in [4.69, 9.17) is 5.73 Å². The lowest BCUT2D eigenvalue weighted by molar-refractivity contribution is -0.148. The molecule has 1 aromatic heterocycles. The number of thiophene rings is 1. The fraction of sp³-hybridized carbons (Fsp3) is 0.500. The van der Waals surface area contributed by atoms with Gasteiger partial charge in [0.1, 0.15) is 11.6 Å². The van der Waals surface area contributed by atoms with Crippen LogP contribution in [0.4, 0.5) is 0 Å². The Balaban J connectivity index is 2.82. The van der Waals surface area contributed by atoms with Gasteiger partial charge in [0.2, 0.25) is 5.91 Å². The molecule has 4 N–H and O–H groups in total. The molecule has 5 nitrogen and oxygen atoms in total. The zero-order valence-corrected chi connectivity index (χ0v) is 11.3. The number of carbonyl (C=O) groups is 2. The summed E-state index contributed by atoms with van der Waals surface area (Å²) in [6, 6.07) is 2.74. The van der Waals surface area contributed by atoms with E-state index in [-0.39, 0.29) is 0 Å². The van der Waals surface area contributed by atoms with Crippen molar-refractivity contribution in [3.05, 3.63) is 22.4 Å². The van der Waals surface area contributed by atoms with Crippen LogP contribution in [0.1, 0.15) is 37.6 Å². The van der Waals surface area contributed by atoms with Crippen molar-refractivity contribution in [2.75, 3.05) is 0 Å². The number of hydrogen-bond acceptors (Lipinski definition) is 4. The van der Waals surface area contributed by atoms with Crippen molar-refractivity contribution >= 4 is 23.2 Å². The Morgan fingerprint density at radius 1 is 1.50 bits per heavy atom. The molecule has 0 saturated heterocycles. The molecule has 1 unspecified atom stereocenters. The maximum atomic E-state index is 12.0. The Morgan fingerprint density at radius 2 is 2.11 bits per heavy atom. The van der Waals surface area contributed by atoms with Crippen LogP contribution in [-0.4, -0.2) is 22.5 Å². The Hall–Kier alpha value is -1.40. The summed E-state index contributed by atoms with van der Waals surface area (Å²) in [5.41, 5.74) is 4.57. The van der Waals surface area contributed by atoms with Crippen molar-refractivity contribution in [3.8, 4) is 0 Å². The van der Waals surface area contributed by atoms with Crippen molar-refractivity contribution in [2.45, 2.75) is 38.3 Å². The molecule has 1 rings (SSSR count). The smallest absolute Gasteiger partial charge is 0.329 e. The van der Waals surface area contributed by atoms with Gasteiger partial charge in [-0.1, -0.05) is 19.9 Å². The molecule has 0 aliphatic rings. The lowest BCUT2D eigenvalue weighted by atomic mass is 9.92. The number of carbonyl (C=O) groups excluding carboxylic acids is 1. The topological polar surface area (TPSA) is 92.4 Å². The molecule has 0 bridgehead atoms. The molecule has 1 amide bonds. The summed E-state index contributed by atoms with van der Waals surface area (Å²) < 4.78 is 0. The summed E-state index contributed by atoms with van der Waals surface area (Å²) >= 11 is 1.38. The van der Waals surface area contributed by atoms with Gasteiger partial charge in [-0.25, -0.2) is 4.79 Å². The van der Waals surface area contributed by atoms with E-state index < -0.39 is 23.5 Å². The molecule has 0 saturated carbocycles. The zero-order valence-electron chi connectivity index (χ0n) is 10.5. The Morgan fingerprint density at radius 3 is 2.50 bits per heavy atom. The van der Waals surface area contributed by atoms with Crippen molar-refractivity contribution in [2.24, 2.45) is 5.73 Å². The summed E-state index contributed by atoms with van der Waals surface area (Å²) in [6.07, 6.45) is 0.642. The molecule has 0 aliphatic carbocycles. The standard InChI is InChI=1S/C12H18N2O3S/c1-3-12(4-2,11(16)17)14-10(15)9(13)8-6-5-7-18-8/h5-7,9H,3-4,13H2,1-2H3,(H,14,15)(H,16,17). The minimum atomic E-state index is -1.23. The highest BCUT2D eigenvalue weighted by Gasteiger charge is 2.37. The summed E-state index contributed by atoms with van der Waals surface area (Å²) in [5.74, 6) is -1.48. The number of hydrogen-bond donors (Lipinski definition) is 3. The van der Waals surface area contributed by atoms with Gasteiger partial charge in [-0.3, -0.25) is 4.79 Å². The predicted octanol–water partition coefficient (Wildman–Crippen LogP) is 1.51. The molecule has 1 aromatic rings. The Bertz CT molecular complexity index is 413. The highest BCUT2D eigenvalue weighted by Crippen LogP contribution is 2.20. The van der Waals surface area contributed by atoms with E-state index in [0.717, 1.165) is 4.88 Å². The third-order valence-electron chi connectivity index (χ3n) is 3.11. The lowest BCUT2D eigenvalue weighted by Gasteiger charge is -2.29. The Labute approximate surface area is 110 Å². The predicted molar refractivity (Wildman–Crippen MR) is 70.3 cm³/mol. The first-order chi connectivity index (χ1) is 8.46. The molecule has 0 aromatic carbocycles. The first kappa shape index (κ1) is 14.7. The molecule has 0 fully saturated rings. The van der Waals surface area contributed by atoms with E-state index in [1.807, 2.05) is 5.38 Å². The minimum absolute atomic E-state index is 0.321. The number of nitrogens with one attached hydrogen (secondary N) is 1. The van der Waals surface area contributed by atoms with Gasteiger partial charge in [-0.05, 0) is 24.3 Å². The molecule has 0 radical (unpaired) electrons. The van der Waals surface area contributed by atoms with Crippen LogP contribution in [-0.2, 0) is 9.59 Å². The summed E-state index contributed by atoms with van der Waals surface area (Å²) in [7, 11) is 0. The lowest BCUT2D eigenvalue weighted by Crippen LogP contribution is -2.55. The second-order valence-corrected chi connectivity index (χ2v) is 5.06. The fourth-order valence-corrected chi connectivity index (χ4v) is 2.42. The monoisotopic (exact) mass is 270 g/mol. The molecule has 1 atom stereocenters. The Kier molecular flexibility index (Phi) is 4.86. The summed E-state index contributed by atoms with van der Waals surface area (Å²) in [5, 5.41) is 13.6. The van der Waals surface area contributed by atoms with Crippen LogP contribution in [0, 0.1) is 0 Å². The SMILES string of the molecule is CCC(CC)(NC(=O)C(N)c1cccs1)C(=O)O. The fourth-order valence-electron chi connectivity index (χ4n) is 1.69. The number of nitrogens with two attached hydrogens (primary N) is 1. The molecular formula is C12H18N2O3S. The van der Waals surface area contributed by atoms with E-state index >= 15 is 0 Å². The van der Waals surface area contributed by atoms with E-state index in [0.29, 0.717) is 12.8 Å². The minimum Gasteiger partial charge on any atom is -0.480 e. The van der Waals surface area contributed by atoms with E-state index in [1.165, 1.54) is 11.3 Å². The molecule has 6 heteroatoms. The maximum absolute atomic E-state index is 12.0. The van der Waals surface area contributed by atoms with Crippen LogP contribution in [0.15, 0.2) is 17.5 Å². The van der Waals surface area contributed by atoms with Gasteiger partial charge < -0.3 is 16.2 Å². The first-order valence-electron chi connectivity index (χ1n) is 5.81. The van der Waals surface area contributed by atoms with Gasteiger partial charge in [0, 0.05) is 4.88 Å². The third-order valence-corrected chi connectivity index (χ3v) is 4.07. The summed E-state index contributed by atoms with van der Waals surface area (Å²) in [6.45, 7) is 3.46. The largest absolute Gasteiger partial charge is 0.480 e. The van der Waals surface area contributed by atoms with E-state index in [2.05, 4.69) is 5.32 Å². The number of carboxylic acids is 1. The van der Waals surface area contributed by atoms with Gasteiger partial charge in [0.05, 0.1) is 0 Å². The highest BCUT2D eigenvalue weighted by atomic mass is 32.1. The highest BCUT2D eigenvalue weighted by molar-refractivity contribution is 7.10. The second-order valence-electron chi connectivity index (χ2n) is 4.08. The molecule has 0 spiro atoms. The van der Waals surface area contributed by atoms with Crippen LogP contribution in [0.25, 0.3) is 0 Å². The van der Waals surface area contributed by atoms with Crippen LogP contribution in [0.5, 0.6) is 0 Å². The zero-order chi connectivity index (χ0) is 13.8. The number of carboxylic acid groups (broad SMARTS) is 1.